The van der Waals surface area contributed by atoms with E-state index in [9.17, 15) is 0 Å². The topological polar surface area (TPSA) is 47.6 Å². The van der Waals surface area contributed by atoms with E-state index in [-0.39, 0.29) is 0 Å². The van der Waals surface area contributed by atoms with Gasteiger partial charge in [0.2, 0.25) is 0 Å². The molecule has 1 rings (SSSR count). The molecule has 1 aliphatic carbocycles. The molecule has 3 nitrogen and oxygen atoms in total. The van der Waals surface area contributed by atoms with Gasteiger partial charge in [0.05, 0.1) is 18.0 Å². The summed E-state index contributed by atoms with van der Waals surface area (Å²) in [5.74, 6) is 0.754. The number of nitrogens with two attached hydrogens (primary N) is 1. The molecule has 0 heterocycles. The zero-order valence-corrected chi connectivity index (χ0v) is 7.92. The Morgan fingerprint density at radius 3 is 2.92 bits per heavy atom. The van der Waals surface area contributed by atoms with Crippen molar-refractivity contribution in [3.63, 3.8) is 0 Å². The van der Waals surface area contributed by atoms with Crippen molar-refractivity contribution in [1.82, 2.24) is 0 Å². The lowest BCUT2D eigenvalue weighted by Gasteiger charge is -2.14. The summed E-state index contributed by atoms with van der Waals surface area (Å²) < 4.78 is 5.31. The fraction of sp³-hybridized carbons (Fsp3) is 0.889. The summed E-state index contributed by atoms with van der Waals surface area (Å²) in [6.45, 7) is 2.02. The summed E-state index contributed by atoms with van der Waals surface area (Å²) in [5, 5.41) is 0. The van der Waals surface area contributed by atoms with Crippen LogP contribution in [-0.4, -0.2) is 25.1 Å². The number of hydrogen-bond donors (Lipinski definition) is 1. The lowest BCUT2D eigenvalue weighted by Crippen LogP contribution is -2.23. The minimum Gasteiger partial charge on any atom is -0.387 e. The van der Waals surface area contributed by atoms with E-state index >= 15 is 0 Å². The van der Waals surface area contributed by atoms with Crippen LogP contribution >= 0.6 is 0 Å². The highest BCUT2D eigenvalue weighted by Crippen LogP contribution is 2.24. The number of ether oxygens (including phenoxy) is 1. The van der Waals surface area contributed by atoms with E-state index in [4.69, 9.17) is 10.5 Å². The van der Waals surface area contributed by atoms with Crippen molar-refractivity contribution in [2.75, 3.05) is 7.11 Å². The Kier molecular flexibility index (Phi) is 3.53. The Bertz CT molecular complexity index is 168. The third kappa shape index (κ3) is 2.21. The maximum absolute atomic E-state index is 5.66. The summed E-state index contributed by atoms with van der Waals surface area (Å²) in [6, 6.07) is 0.315. The van der Waals surface area contributed by atoms with Crippen LogP contribution in [0.4, 0.5) is 0 Å². The number of rotatable bonds is 3. The largest absolute Gasteiger partial charge is 0.387 e. The average molecular weight is 170 g/mol. The van der Waals surface area contributed by atoms with Gasteiger partial charge in [0.15, 0.2) is 0 Å². The normalized spacial score (nSPS) is 31.0. The maximum atomic E-state index is 5.66. The Labute approximate surface area is 74.0 Å². The fourth-order valence-electron chi connectivity index (χ4n) is 1.63. The van der Waals surface area contributed by atoms with Gasteiger partial charge in [-0.1, -0.05) is 6.92 Å². The van der Waals surface area contributed by atoms with Gasteiger partial charge in [0.25, 0.3) is 0 Å². The molecule has 2 atom stereocenters. The summed E-state index contributed by atoms with van der Waals surface area (Å²) in [7, 11) is 1.75. The first kappa shape index (κ1) is 9.52. The molecular weight excluding hydrogens is 152 g/mol. The van der Waals surface area contributed by atoms with Crippen LogP contribution in [-0.2, 0) is 4.74 Å². The molecule has 2 unspecified atom stereocenters. The molecule has 0 aliphatic heterocycles. The van der Waals surface area contributed by atoms with Crippen LogP contribution in [0.1, 0.15) is 32.6 Å². The predicted octanol–water partition coefficient (Wildman–Crippen LogP) is 1.32. The standard InChI is InChI=1S/C9H18N2O/c1-3-9(10)11-7-5-4-6-8(7)12-2/h7-8H,3-6H2,1-2H3,(H2,10,11). The van der Waals surface area contributed by atoms with E-state index in [0.29, 0.717) is 12.1 Å². The van der Waals surface area contributed by atoms with E-state index in [1.807, 2.05) is 6.92 Å². The third-order valence-corrected chi connectivity index (χ3v) is 2.41. The van der Waals surface area contributed by atoms with E-state index < -0.39 is 0 Å². The van der Waals surface area contributed by atoms with Crippen LogP contribution in [0.25, 0.3) is 0 Å². The average Bonchev–Trinajstić information content (AvgIpc) is 2.51. The van der Waals surface area contributed by atoms with Crippen molar-refractivity contribution in [1.29, 1.82) is 0 Å². The van der Waals surface area contributed by atoms with E-state index in [1.54, 1.807) is 7.11 Å². The second kappa shape index (κ2) is 4.45. The molecule has 1 aliphatic rings. The van der Waals surface area contributed by atoms with E-state index in [2.05, 4.69) is 4.99 Å². The number of methoxy groups -OCH3 is 1. The Hall–Kier alpha value is -0.570. The Morgan fingerprint density at radius 1 is 1.58 bits per heavy atom. The molecule has 12 heavy (non-hydrogen) atoms. The zero-order chi connectivity index (χ0) is 8.97. The number of hydrogen-bond acceptors (Lipinski definition) is 2. The first-order valence-corrected chi connectivity index (χ1v) is 4.62. The summed E-state index contributed by atoms with van der Waals surface area (Å²) in [4.78, 5) is 4.42. The van der Waals surface area contributed by atoms with Crippen molar-refractivity contribution in [2.45, 2.75) is 44.8 Å². The molecular formula is C9H18N2O. The summed E-state index contributed by atoms with van der Waals surface area (Å²) >= 11 is 0. The van der Waals surface area contributed by atoms with Crippen molar-refractivity contribution < 1.29 is 4.74 Å². The summed E-state index contributed by atoms with van der Waals surface area (Å²) in [5.41, 5.74) is 5.66. The molecule has 0 radical (unpaired) electrons. The summed E-state index contributed by atoms with van der Waals surface area (Å²) in [6.07, 6.45) is 4.60. The first-order chi connectivity index (χ1) is 5.77. The van der Waals surface area contributed by atoms with Gasteiger partial charge in [-0.05, 0) is 19.3 Å². The predicted molar refractivity (Wildman–Crippen MR) is 50.3 cm³/mol. The van der Waals surface area contributed by atoms with Crippen LogP contribution < -0.4 is 5.73 Å². The second-order valence-electron chi connectivity index (χ2n) is 3.25. The maximum Gasteiger partial charge on any atom is 0.0938 e. The van der Waals surface area contributed by atoms with Gasteiger partial charge in [0.1, 0.15) is 0 Å². The molecule has 0 bridgehead atoms. The molecule has 0 aromatic carbocycles. The van der Waals surface area contributed by atoms with Gasteiger partial charge >= 0.3 is 0 Å². The van der Waals surface area contributed by atoms with Crippen LogP contribution in [0.15, 0.2) is 4.99 Å². The van der Waals surface area contributed by atoms with Crippen molar-refractivity contribution in [3.8, 4) is 0 Å². The monoisotopic (exact) mass is 170 g/mol. The molecule has 0 saturated heterocycles. The number of nitrogens with zero attached hydrogens (tertiary/aromatic N) is 1. The molecule has 70 valence electrons. The van der Waals surface area contributed by atoms with Gasteiger partial charge < -0.3 is 10.5 Å². The molecule has 0 spiro atoms. The Balaban J connectivity index is 2.50. The Morgan fingerprint density at radius 2 is 2.33 bits per heavy atom. The van der Waals surface area contributed by atoms with Gasteiger partial charge in [-0.2, -0.15) is 0 Å². The van der Waals surface area contributed by atoms with Gasteiger partial charge in [-0.15, -0.1) is 0 Å². The van der Waals surface area contributed by atoms with Crippen LogP contribution in [0, 0.1) is 0 Å². The van der Waals surface area contributed by atoms with Crippen LogP contribution in [0.3, 0.4) is 0 Å². The number of aliphatic imine (C=N–C) groups is 1. The van der Waals surface area contributed by atoms with E-state index in [1.165, 1.54) is 6.42 Å². The SMILES string of the molecule is CCC(N)=NC1CCCC1OC. The van der Waals surface area contributed by atoms with Crippen molar-refractivity contribution in [2.24, 2.45) is 10.7 Å². The highest BCUT2D eigenvalue weighted by molar-refractivity contribution is 5.80. The first-order valence-electron chi connectivity index (χ1n) is 4.62. The van der Waals surface area contributed by atoms with Gasteiger partial charge in [-0.25, -0.2) is 0 Å². The minimum atomic E-state index is 0.301. The fourth-order valence-corrected chi connectivity index (χ4v) is 1.63. The molecule has 1 saturated carbocycles. The molecule has 2 N–H and O–H groups in total. The molecule has 1 fully saturated rings. The van der Waals surface area contributed by atoms with Gasteiger partial charge in [0, 0.05) is 13.5 Å². The second-order valence-corrected chi connectivity index (χ2v) is 3.25. The highest BCUT2D eigenvalue weighted by atomic mass is 16.5. The lowest BCUT2D eigenvalue weighted by atomic mass is 10.2. The molecule has 0 amide bonds. The van der Waals surface area contributed by atoms with Crippen molar-refractivity contribution in [3.05, 3.63) is 0 Å². The zero-order valence-electron chi connectivity index (χ0n) is 7.92. The molecule has 0 aromatic rings. The molecule has 3 heteroatoms. The lowest BCUT2D eigenvalue weighted by molar-refractivity contribution is 0.0965. The smallest absolute Gasteiger partial charge is 0.0938 e. The van der Waals surface area contributed by atoms with Crippen LogP contribution in [0.2, 0.25) is 0 Å². The van der Waals surface area contributed by atoms with E-state index in [0.717, 1.165) is 25.1 Å². The minimum absolute atomic E-state index is 0.301. The quantitative estimate of drug-likeness (QED) is 0.513. The molecule has 0 aromatic heterocycles. The third-order valence-electron chi connectivity index (χ3n) is 2.41. The van der Waals surface area contributed by atoms with Crippen molar-refractivity contribution >= 4 is 5.84 Å². The number of amidine groups is 1. The van der Waals surface area contributed by atoms with Crippen LogP contribution in [0.5, 0.6) is 0 Å². The van der Waals surface area contributed by atoms with Gasteiger partial charge in [-0.3, -0.25) is 4.99 Å². The highest BCUT2D eigenvalue weighted by Gasteiger charge is 2.26.